The van der Waals surface area contributed by atoms with Crippen molar-refractivity contribution in [1.29, 1.82) is 0 Å². The maximum atomic E-state index is 11.8. The van der Waals surface area contributed by atoms with Gasteiger partial charge in [-0.2, -0.15) is 0 Å². The van der Waals surface area contributed by atoms with E-state index in [-0.39, 0.29) is 18.4 Å². The van der Waals surface area contributed by atoms with Crippen LogP contribution in [0.1, 0.15) is 17.3 Å². The number of amides is 2. The molecule has 0 bridgehead atoms. The lowest BCUT2D eigenvalue weighted by Gasteiger charge is -2.31. The van der Waals surface area contributed by atoms with Gasteiger partial charge in [0.25, 0.3) is 5.91 Å². The SMILES string of the molecule is C[C@H]1CN(CC(=O)NC(=O)c2ccccc2)CCN1. The van der Waals surface area contributed by atoms with Crippen molar-refractivity contribution in [3.63, 3.8) is 0 Å². The Morgan fingerprint density at radius 1 is 1.37 bits per heavy atom. The molecule has 0 aliphatic carbocycles. The molecule has 5 heteroatoms. The van der Waals surface area contributed by atoms with Gasteiger partial charge in [-0.1, -0.05) is 18.2 Å². The lowest BCUT2D eigenvalue weighted by Crippen LogP contribution is -2.52. The summed E-state index contributed by atoms with van der Waals surface area (Å²) in [7, 11) is 0. The van der Waals surface area contributed by atoms with E-state index in [0.717, 1.165) is 19.6 Å². The third-order valence-corrected chi connectivity index (χ3v) is 3.11. The smallest absolute Gasteiger partial charge is 0.257 e. The van der Waals surface area contributed by atoms with Crippen LogP contribution in [0.25, 0.3) is 0 Å². The Labute approximate surface area is 113 Å². The number of benzene rings is 1. The lowest BCUT2D eigenvalue weighted by atomic mass is 10.2. The molecule has 1 aliphatic rings. The number of nitrogens with zero attached hydrogens (tertiary/aromatic N) is 1. The summed E-state index contributed by atoms with van der Waals surface area (Å²) in [5.74, 6) is -0.586. The topological polar surface area (TPSA) is 61.4 Å². The van der Waals surface area contributed by atoms with E-state index < -0.39 is 0 Å². The van der Waals surface area contributed by atoms with Gasteiger partial charge in [0.05, 0.1) is 6.54 Å². The molecule has 0 unspecified atom stereocenters. The number of hydrogen-bond donors (Lipinski definition) is 2. The highest BCUT2D eigenvalue weighted by molar-refractivity contribution is 6.05. The summed E-state index contributed by atoms with van der Waals surface area (Å²) in [4.78, 5) is 25.7. The van der Waals surface area contributed by atoms with Crippen molar-refractivity contribution in [2.45, 2.75) is 13.0 Å². The molecule has 1 fully saturated rings. The fraction of sp³-hybridized carbons (Fsp3) is 0.429. The summed E-state index contributed by atoms with van der Waals surface area (Å²) in [5, 5.41) is 5.73. The Balaban J connectivity index is 1.82. The number of carbonyl (C=O) groups excluding carboxylic acids is 2. The Kier molecular flexibility index (Phi) is 4.65. The van der Waals surface area contributed by atoms with E-state index in [1.54, 1.807) is 24.3 Å². The summed E-state index contributed by atoms with van der Waals surface area (Å²) >= 11 is 0. The molecule has 1 aromatic rings. The predicted molar refractivity (Wildman–Crippen MR) is 72.8 cm³/mol. The predicted octanol–water partition coefficient (Wildman–Crippen LogP) is 0.237. The highest BCUT2D eigenvalue weighted by atomic mass is 16.2. The van der Waals surface area contributed by atoms with Crippen molar-refractivity contribution in [2.75, 3.05) is 26.2 Å². The van der Waals surface area contributed by atoms with Gasteiger partial charge in [-0.25, -0.2) is 0 Å². The van der Waals surface area contributed by atoms with Crippen LogP contribution in [0.4, 0.5) is 0 Å². The fourth-order valence-corrected chi connectivity index (χ4v) is 2.19. The van der Waals surface area contributed by atoms with Gasteiger partial charge in [0, 0.05) is 31.2 Å². The molecule has 5 nitrogen and oxygen atoms in total. The van der Waals surface area contributed by atoms with Gasteiger partial charge in [0.15, 0.2) is 0 Å². The zero-order valence-electron chi connectivity index (χ0n) is 11.1. The van der Waals surface area contributed by atoms with Gasteiger partial charge in [-0.3, -0.25) is 19.8 Å². The molecule has 1 heterocycles. The molecule has 102 valence electrons. The van der Waals surface area contributed by atoms with Crippen LogP contribution in [-0.2, 0) is 4.79 Å². The molecule has 2 N–H and O–H groups in total. The summed E-state index contributed by atoms with van der Waals surface area (Å²) in [6.45, 7) is 4.88. The average Bonchev–Trinajstić information content (AvgIpc) is 2.39. The minimum absolute atomic E-state index is 0.247. The van der Waals surface area contributed by atoms with E-state index in [9.17, 15) is 9.59 Å². The van der Waals surface area contributed by atoms with Crippen molar-refractivity contribution < 1.29 is 9.59 Å². The number of carbonyl (C=O) groups is 2. The molecule has 0 aromatic heterocycles. The molecule has 2 amide bonds. The minimum atomic E-state index is -0.339. The van der Waals surface area contributed by atoms with Crippen molar-refractivity contribution in [2.24, 2.45) is 0 Å². The second-order valence-electron chi connectivity index (χ2n) is 4.83. The quantitative estimate of drug-likeness (QED) is 0.818. The number of hydrogen-bond acceptors (Lipinski definition) is 4. The Bertz CT molecular complexity index is 447. The molecule has 19 heavy (non-hydrogen) atoms. The van der Waals surface area contributed by atoms with E-state index >= 15 is 0 Å². The van der Waals surface area contributed by atoms with Gasteiger partial charge < -0.3 is 5.32 Å². The van der Waals surface area contributed by atoms with Crippen molar-refractivity contribution >= 4 is 11.8 Å². The highest BCUT2D eigenvalue weighted by Crippen LogP contribution is 2.00. The van der Waals surface area contributed by atoms with Crippen LogP contribution >= 0.6 is 0 Å². The average molecular weight is 261 g/mol. The first kappa shape index (κ1) is 13.7. The lowest BCUT2D eigenvalue weighted by molar-refractivity contribution is -0.121. The van der Waals surface area contributed by atoms with Crippen molar-refractivity contribution in [1.82, 2.24) is 15.5 Å². The highest BCUT2D eigenvalue weighted by Gasteiger charge is 2.19. The monoisotopic (exact) mass is 261 g/mol. The van der Waals surface area contributed by atoms with E-state index in [2.05, 4.69) is 22.5 Å². The van der Waals surface area contributed by atoms with Gasteiger partial charge >= 0.3 is 0 Å². The molecule has 2 rings (SSSR count). The number of imide groups is 1. The Hall–Kier alpha value is -1.72. The third-order valence-electron chi connectivity index (χ3n) is 3.11. The summed E-state index contributed by atoms with van der Waals surface area (Å²) in [5.41, 5.74) is 0.504. The van der Waals surface area contributed by atoms with E-state index in [4.69, 9.17) is 0 Å². The molecule has 0 radical (unpaired) electrons. The second-order valence-corrected chi connectivity index (χ2v) is 4.83. The zero-order valence-corrected chi connectivity index (χ0v) is 11.1. The van der Waals surface area contributed by atoms with Crippen LogP contribution in [0.15, 0.2) is 30.3 Å². The molecule has 1 aromatic carbocycles. The first-order chi connectivity index (χ1) is 9.15. The van der Waals surface area contributed by atoms with E-state index in [0.29, 0.717) is 11.6 Å². The fourth-order valence-electron chi connectivity index (χ4n) is 2.19. The largest absolute Gasteiger partial charge is 0.312 e. The third kappa shape index (κ3) is 4.15. The van der Waals surface area contributed by atoms with Crippen LogP contribution in [-0.4, -0.2) is 48.9 Å². The normalized spacial score (nSPS) is 19.9. The number of piperazine rings is 1. The van der Waals surface area contributed by atoms with Gasteiger partial charge in [-0.05, 0) is 19.1 Å². The van der Waals surface area contributed by atoms with E-state index in [1.165, 1.54) is 0 Å². The maximum Gasteiger partial charge on any atom is 0.257 e. The molecular weight excluding hydrogens is 242 g/mol. The van der Waals surface area contributed by atoms with Crippen LogP contribution in [0, 0.1) is 0 Å². The molecule has 1 saturated heterocycles. The first-order valence-corrected chi connectivity index (χ1v) is 6.50. The minimum Gasteiger partial charge on any atom is -0.312 e. The van der Waals surface area contributed by atoms with Crippen LogP contribution in [0.5, 0.6) is 0 Å². The standard InChI is InChI=1S/C14H19N3O2/c1-11-9-17(8-7-15-11)10-13(18)16-14(19)12-5-3-2-4-6-12/h2-6,11,15H,7-10H2,1H3,(H,16,18,19)/t11-/m0/s1. The maximum absolute atomic E-state index is 11.8. The van der Waals surface area contributed by atoms with Crippen molar-refractivity contribution in [3.05, 3.63) is 35.9 Å². The van der Waals surface area contributed by atoms with Gasteiger partial charge in [-0.15, -0.1) is 0 Å². The molecular formula is C14H19N3O2. The summed E-state index contributed by atoms with van der Waals surface area (Å²) in [6.07, 6.45) is 0. The Morgan fingerprint density at radius 2 is 2.11 bits per heavy atom. The van der Waals surface area contributed by atoms with E-state index in [1.807, 2.05) is 6.07 Å². The molecule has 1 aliphatic heterocycles. The first-order valence-electron chi connectivity index (χ1n) is 6.50. The second kappa shape index (κ2) is 6.45. The zero-order chi connectivity index (χ0) is 13.7. The summed E-state index contributed by atoms with van der Waals surface area (Å²) < 4.78 is 0. The van der Waals surface area contributed by atoms with Gasteiger partial charge in [0.2, 0.25) is 5.91 Å². The molecule has 0 spiro atoms. The van der Waals surface area contributed by atoms with Crippen LogP contribution in [0.2, 0.25) is 0 Å². The number of rotatable bonds is 3. The van der Waals surface area contributed by atoms with Crippen LogP contribution < -0.4 is 10.6 Å². The van der Waals surface area contributed by atoms with Crippen molar-refractivity contribution in [3.8, 4) is 0 Å². The summed E-state index contributed by atoms with van der Waals surface area (Å²) in [6, 6.07) is 9.15. The number of nitrogens with one attached hydrogen (secondary N) is 2. The van der Waals surface area contributed by atoms with Gasteiger partial charge in [0.1, 0.15) is 0 Å². The molecule has 1 atom stereocenters. The van der Waals surface area contributed by atoms with Crippen LogP contribution in [0.3, 0.4) is 0 Å². The Morgan fingerprint density at radius 3 is 2.79 bits per heavy atom. The molecule has 0 saturated carbocycles.